The average Bonchev–Trinajstić information content (AvgIpc) is 2.65. The van der Waals surface area contributed by atoms with Crippen LogP contribution in [0.1, 0.15) is 53.8 Å². The predicted molar refractivity (Wildman–Crippen MR) is 91.2 cm³/mol. The van der Waals surface area contributed by atoms with Gasteiger partial charge >= 0.3 is 5.97 Å². The topological polar surface area (TPSA) is 50.4 Å². The summed E-state index contributed by atoms with van der Waals surface area (Å²) in [6, 6.07) is 2.27. The van der Waals surface area contributed by atoms with Gasteiger partial charge in [-0.1, -0.05) is 25.7 Å². The van der Waals surface area contributed by atoms with Gasteiger partial charge in [-0.25, -0.2) is 4.79 Å². The van der Waals surface area contributed by atoms with E-state index >= 15 is 0 Å². The van der Waals surface area contributed by atoms with Gasteiger partial charge in [0.15, 0.2) is 5.11 Å². The lowest BCUT2D eigenvalue weighted by molar-refractivity contribution is 0.0602. The van der Waals surface area contributed by atoms with Crippen LogP contribution in [-0.4, -0.2) is 24.2 Å². The molecule has 0 aromatic carbocycles. The molecule has 2 rings (SSSR count). The number of thiocarbonyl (C=S) groups is 1. The quantitative estimate of drug-likeness (QED) is 0.502. The molecule has 116 valence electrons. The maximum atomic E-state index is 11.7. The number of hydrogen-bond donors (Lipinski definition) is 2. The van der Waals surface area contributed by atoms with E-state index in [9.17, 15) is 4.79 Å². The standard InChI is InChI=1S/C15H22N2O2S2/c1-10-9-12(14(18)19-2)13(21-10)17-15(20)16-11-7-5-3-4-6-8-11/h9,11H,3-8H2,1-2H3,(H2,16,17,20). The van der Waals surface area contributed by atoms with E-state index in [1.54, 1.807) is 0 Å². The third-order valence-electron chi connectivity index (χ3n) is 3.68. The highest BCUT2D eigenvalue weighted by Gasteiger charge is 2.18. The molecule has 2 N–H and O–H groups in total. The summed E-state index contributed by atoms with van der Waals surface area (Å²) in [4.78, 5) is 12.8. The van der Waals surface area contributed by atoms with E-state index in [2.05, 4.69) is 10.6 Å². The summed E-state index contributed by atoms with van der Waals surface area (Å²) in [7, 11) is 1.39. The summed E-state index contributed by atoms with van der Waals surface area (Å²) in [5, 5.41) is 7.87. The summed E-state index contributed by atoms with van der Waals surface area (Å²) < 4.78 is 4.80. The van der Waals surface area contributed by atoms with Gasteiger partial charge in [0.2, 0.25) is 0 Å². The first-order valence-electron chi connectivity index (χ1n) is 7.36. The first-order chi connectivity index (χ1) is 10.1. The molecule has 0 atom stereocenters. The van der Waals surface area contributed by atoms with Crippen LogP contribution in [0.25, 0.3) is 0 Å². The molecule has 1 heterocycles. The Balaban J connectivity index is 1.97. The monoisotopic (exact) mass is 326 g/mol. The van der Waals surface area contributed by atoms with E-state index < -0.39 is 0 Å². The van der Waals surface area contributed by atoms with Crippen LogP contribution in [0.15, 0.2) is 6.07 Å². The maximum Gasteiger partial charge on any atom is 0.340 e. The second-order valence-corrected chi connectivity index (χ2v) is 7.04. The van der Waals surface area contributed by atoms with Crippen molar-refractivity contribution in [3.8, 4) is 0 Å². The summed E-state index contributed by atoms with van der Waals surface area (Å²) in [5.41, 5.74) is 0.546. The van der Waals surface area contributed by atoms with Gasteiger partial charge in [0, 0.05) is 10.9 Å². The van der Waals surface area contributed by atoms with E-state index in [1.807, 2.05) is 13.0 Å². The minimum atomic E-state index is -0.334. The molecule has 6 heteroatoms. The van der Waals surface area contributed by atoms with Gasteiger partial charge in [0.05, 0.1) is 12.7 Å². The zero-order valence-electron chi connectivity index (χ0n) is 12.5. The van der Waals surface area contributed by atoms with E-state index in [-0.39, 0.29) is 5.97 Å². The number of rotatable bonds is 3. The number of esters is 1. The normalized spacial score (nSPS) is 16.1. The van der Waals surface area contributed by atoms with Crippen molar-refractivity contribution >= 4 is 39.6 Å². The number of hydrogen-bond acceptors (Lipinski definition) is 4. The van der Waals surface area contributed by atoms with Gasteiger partial charge in [-0.2, -0.15) is 0 Å². The predicted octanol–water partition coefficient (Wildman–Crippen LogP) is 3.85. The lowest BCUT2D eigenvalue weighted by Crippen LogP contribution is -2.37. The van der Waals surface area contributed by atoms with Crippen molar-refractivity contribution in [3.63, 3.8) is 0 Å². The fourth-order valence-corrected chi connectivity index (χ4v) is 3.85. The molecule has 0 unspecified atom stereocenters. The molecular formula is C15H22N2O2S2. The van der Waals surface area contributed by atoms with E-state index in [0.717, 1.165) is 22.7 Å². The van der Waals surface area contributed by atoms with Crippen molar-refractivity contribution in [2.24, 2.45) is 0 Å². The molecule has 1 aromatic heterocycles. The van der Waals surface area contributed by atoms with E-state index in [1.165, 1.54) is 44.1 Å². The van der Waals surface area contributed by atoms with Gasteiger partial charge < -0.3 is 15.4 Å². The van der Waals surface area contributed by atoms with Crippen LogP contribution >= 0.6 is 23.6 Å². The molecule has 1 aromatic rings. The molecule has 0 amide bonds. The third kappa shape index (κ3) is 4.68. The smallest absolute Gasteiger partial charge is 0.340 e. The molecule has 1 aliphatic carbocycles. The minimum Gasteiger partial charge on any atom is -0.465 e. The van der Waals surface area contributed by atoms with Gasteiger partial charge in [0.1, 0.15) is 5.00 Å². The van der Waals surface area contributed by atoms with Crippen molar-refractivity contribution in [3.05, 3.63) is 16.5 Å². The Morgan fingerprint density at radius 3 is 2.62 bits per heavy atom. The van der Waals surface area contributed by atoms with Crippen LogP contribution in [0.4, 0.5) is 5.00 Å². The van der Waals surface area contributed by atoms with E-state index in [4.69, 9.17) is 17.0 Å². The second-order valence-electron chi connectivity index (χ2n) is 5.38. The number of anilines is 1. The van der Waals surface area contributed by atoms with Crippen LogP contribution in [0.3, 0.4) is 0 Å². The van der Waals surface area contributed by atoms with Crippen molar-refractivity contribution in [1.82, 2.24) is 5.32 Å². The van der Waals surface area contributed by atoms with Crippen molar-refractivity contribution in [2.45, 2.75) is 51.5 Å². The van der Waals surface area contributed by atoms with Gasteiger partial charge in [-0.3, -0.25) is 0 Å². The molecule has 21 heavy (non-hydrogen) atoms. The van der Waals surface area contributed by atoms with Crippen molar-refractivity contribution < 1.29 is 9.53 Å². The van der Waals surface area contributed by atoms with Crippen LogP contribution in [-0.2, 0) is 4.74 Å². The van der Waals surface area contributed by atoms with Crippen LogP contribution in [0, 0.1) is 6.92 Å². The van der Waals surface area contributed by atoms with Crippen LogP contribution < -0.4 is 10.6 Å². The molecule has 0 aliphatic heterocycles. The number of thiophene rings is 1. The number of aryl methyl sites for hydroxylation is 1. The molecule has 0 radical (unpaired) electrons. The Morgan fingerprint density at radius 2 is 2.00 bits per heavy atom. The Hall–Kier alpha value is -1.14. The molecule has 1 saturated carbocycles. The molecule has 1 aliphatic rings. The number of carbonyl (C=O) groups is 1. The van der Waals surface area contributed by atoms with Crippen LogP contribution in [0.5, 0.6) is 0 Å². The second kappa shape index (κ2) is 7.75. The lowest BCUT2D eigenvalue weighted by atomic mass is 10.1. The molecule has 4 nitrogen and oxygen atoms in total. The number of ether oxygens (including phenoxy) is 1. The zero-order chi connectivity index (χ0) is 15.2. The van der Waals surface area contributed by atoms with Crippen molar-refractivity contribution in [1.29, 1.82) is 0 Å². The number of nitrogens with one attached hydrogen (secondary N) is 2. The summed E-state index contributed by atoms with van der Waals surface area (Å²) in [6.07, 6.45) is 7.46. The Kier molecular flexibility index (Phi) is 5.99. The SMILES string of the molecule is COC(=O)c1cc(C)sc1NC(=S)NC1CCCCCC1. The molecule has 0 spiro atoms. The fourth-order valence-electron chi connectivity index (χ4n) is 2.62. The molecule has 0 bridgehead atoms. The largest absolute Gasteiger partial charge is 0.465 e. The minimum absolute atomic E-state index is 0.334. The Labute approximate surface area is 135 Å². The third-order valence-corrected chi connectivity index (χ3v) is 4.86. The van der Waals surface area contributed by atoms with Crippen molar-refractivity contribution in [2.75, 3.05) is 12.4 Å². The number of carbonyl (C=O) groups excluding carboxylic acids is 1. The fraction of sp³-hybridized carbons (Fsp3) is 0.600. The lowest BCUT2D eigenvalue weighted by Gasteiger charge is -2.18. The highest BCUT2D eigenvalue weighted by molar-refractivity contribution is 7.80. The number of methoxy groups -OCH3 is 1. The van der Waals surface area contributed by atoms with Gasteiger partial charge in [-0.05, 0) is 38.0 Å². The van der Waals surface area contributed by atoms with Crippen LogP contribution in [0.2, 0.25) is 0 Å². The summed E-state index contributed by atoms with van der Waals surface area (Å²) in [5.74, 6) is -0.334. The first-order valence-corrected chi connectivity index (χ1v) is 8.59. The molecule has 0 saturated heterocycles. The van der Waals surface area contributed by atoms with Gasteiger partial charge in [-0.15, -0.1) is 11.3 Å². The summed E-state index contributed by atoms with van der Waals surface area (Å²) in [6.45, 7) is 1.96. The molecular weight excluding hydrogens is 304 g/mol. The Bertz CT molecular complexity index is 506. The Morgan fingerprint density at radius 1 is 1.33 bits per heavy atom. The first kappa shape index (κ1) is 16.2. The molecule has 1 fully saturated rings. The highest BCUT2D eigenvalue weighted by atomic mass is 32.1. The van der Waals surface area contributed by atoms with Gasteiger partial charge in [0.25, 0.3) is 0 Å². The average molecular weight is 326 g/mol. The summed E-state index contributed by atoms with van der Waals surface area (Å²) >= 11 is 6.90. The maximum absolute atomic E-state index is 11.7. The van der Waals surface area contributed by atoms with E-state index in [0.29, 0.717) is 16.7 Å². The zero-order valence-corrected chi connectivity index (χ0v) is 14.2. The highest BCUT2D eigenvalue weighted by Crippen LogP contribution is 2.28.